The molecule has 0 aliphatic rings. The number of nitrogens with zero attached hydrogens (tertiary/aromatic N) is 1. The highest BCUT2D eigenvalue weighted by Crippen LogP contribution is 2.25. The average Bonchev–Trinajstić information content (AvgIpc) is 2.76. The van der Waals surface area contributed by atoms with Gasteiger partial charge in [-0.05, 0) is 38.5 Å². The minimum Gasteiger partial charge on any atom is -0.303 e. The Kier molecular flexibility index (Phi) is 4.38. The second-order valence-corrected chi connectivity index (χ2v) is 5.79. The van der Waals surface area contributed by atoms with Gasteiger partial charge >= 0.3 is 0 Å². The van der Waals surface area contributed by atoms with E-state index in [1.807, 2.05) is 17.6 Å². The van der Waals surface area contributed by atoms with E-state index >= 15 is 0 Å². The van der Waals surface area contributed by atoms with Crippen LogP contribution < -0.4 is 5.32 Å². The normalized spacial score (nSPS) is 14.4. The monoisotopic (exact) mass is 280 g/mol. The third-order valence-corrected chi connectivity index (χ3v) is 4.41. The van der Waals surface area contributed by atoms with Crippen molar-refractivity contribution in [2.45, 2.75) is 32.9 Å². The molecule has 2 rings (SSSR count). The topological polar surface area (TPSA) is 24.9 Å². The molecule has 0 amide bonds. The van der Waals surface area contributed by atoms with Crippen molar-refractivity contribution in [1.29, 1.82) is 0 Å². The summed E-state index contributed by atoms with van der Waals surface area (Å²) in [6.07, 6.45) is 0. The summed E-state index contributed by atoms with van der Waals surface area (Å²) >= 11 is 7.60. The van der Waals surface area contributed by atoms with Gasteiger partial charge in [-0.15, -0.1) is 11.3 Å². The Labute approximate surface area is 117 Å². The maximum atomic E-state index is 5.90. The van der Waals surface area contributed by atoms with E-state index in [1.54, 1.807) is 11.3 Å². The fourth-order valence-electron chi connectivity index (χ4n) is 2.02. The van der Waals surface area contributed by atoms with E-state index in [1.165, 1.54) is 10.4 Å². The number of rotatable bonds is 4. The lowest BCUT2D eigenvalue weighted by atomic mass is 10.1. The van der Waals surface area contributed by atoms with Crippen molar-refractivity contribution >= 4 is 22.9 Å². The van der Waals surface area contributed by atoms with Crippen LogP contribution >= 0.6 is 22.9 Å². The zero-order valence-corrected chi connectivity index (χ0v) is 12.3. The van der Waals surface area contributed by atoms with Crippen molar-refractivity contribution in [3.8, 4) is 0 Å². The first-order chi connectivity index (χ1) is 8.58. The highest BCUT2D eigenvalue weighted by molar-refractivity contribution is 7.09. The number of nitrogens with one attached hydrogen (secondary N) is 1. The molecule has 0 saturated heterocycles. The summed E-state index contributed by atoms with van der Waals surface area (Å²) in [5.41, 5.74) is 4.26. The number of aromatic nitrogens is 1. The molecular weight excluding hydrogens is 264 g/mol. The molecule has 1 aromatic carbocycles. The number of hydrogen-bond acceptors (Lipinski definition) is 3. The molecule has 96 valence electrons. The molecule has 0 saturated carbocycles. The van der Waals surface area contributed by atoms with E-state index in [2.05, 4.69) is 43.2 Å². The maximum Gasteiger partial charge on any atom is 0.0798 e. The second-order valence-electron chi connectivity index (χ2n) is 4.46. The molecule has 2 unspecified atom stereocenters. The molecule has 0 aliphatic heterocycles. The largest absolute Gasteiger partial charge is 0.303 e. The van der Waals surface area contributed by atoms with Gasteiger partial charge in [-0.1, -0.05) is 23.7 Å². The lowest BCUT2D eigenvalue weighted by Gasteiger charge is -2.20. The van der Waals surface area contributed by atoms with Gasteiger partial charge in [0, 0.05) is 22.0 Å². The lowest BCUT2D eigenvalue weighted by Crippen LogP contribution is -2.22. The van der Waals surface area contributed by atoms with E-state index in [9.17, 15) is 0 Å². The minimum absolute atomic E-state index is 0.291. The lowest BCUT2D eigenvalue weighted by molar-refractivity contribution is 0.498. The van der Waals surface area contributed by atoms with Crippen LogP contribution in [-0.2, 0) is 0 Å². The molecule has 1 aromatic heterocycles. The summed E-state index contributed by atoms with van der Waals surface area (Å²) in [5.74, 6) is 0. The standard InChI is InChI=1S/C14H17ClN2S/c1-9(12-4-6-13(15)7-5-12)17-11(3)14-10(2)16-8-18-14/h4-9,11,17H,1-3H3. The van der Waals surface area contributed by atoms with Crippen LogP contribution in [0.2, 0.25) is 5.02 Å². The van der Waals surface area contributed by atoms with Crippen molar-refractivity contribution in [2.75, 3.05) is 0 Å². The molecule has 0 aliphatic carbocycles. The van der Waals surface area contributed by atoms with Crippen LogP contribution in [-0.4, -0.2) is 4.98 Å². The van der Waals surface area contributed by atoms with Crippen molar-refractivity contribution in [3.05, 3.63) is 50.9 Å². The Bertz CT molecular complexity index is 507. The van der Waals surface area contributed by atoms with Crippen molar-refractivity contribution in [1.82, 2.24) is 10.3 Å². The highest BCUT2D eigenvalue weighted by atomic mass is 35.5. The Morgan fingerprint density at radius 1 is 1.17 bits per heavy atom. The van der Waals surface area contributed by atoms with E-state index in [4.69, 9.17) is 11.6 Å². The van der Waals surface area contributed by atoms with E-state index < -0.39 is 0 Å². The van der Waals surface area contributed by atoms with Gasteiger partial charge in [0.15, 0.2) is 0 Å². The second kappa shape index (κ2) is 5.83. The predicted molar refractivity (Wildman–Crippen MR) is 78.3 cm³/mol. The minimum atomic E-state index is 0.291. The number of thiazole rings is 1. The molecule has 4 heteroatoms. The van der Waals surface area contributed by atoms with Crippen LogP contribution in [0.4, 0.5) is 0 Å². The number of benzene rings is 1. The third kappa shape index (κ3) is 3.10. The molecule has 2 aromatic rings. The van der Waals surface area contributed by atoms with Crippen LogP contribution in [0.1, 0.15) is 42.1 Å². The van der Waals surface area contributed by atoms with Gasteiger partial charge in [0.2, 0.25) is 0 Å². The fourth-order valence-corrected chi connectivity index (χ4v) is 2.97. The predicted octanol–water partition coefficient (Wildman–Crippen LogP) is 4.52. The first-order valence-corrected chi connectivity index (χ1v) is 7.25. The molecule has 0 spiro atoms. The molecule has 1 N–H and O–H groups in total. The van der Waals surface area contributed by atoms with Gasteiger partial charge in [0.25, 0.3) is 0 Å². The molecular formula is C14H17ClN2S. The van der Waals surface area contributed by atoms with Crippen molar-refractivity contribution < 1.29 is 0 Å². The number of hydrogen-bond donors (Lipinski definition) is 1. The number of aryl methyl sites for hydroxylation is 1. The molecule has 0 bridgehead atoms. The summed E-state index contributed by atoms with van der Waals surface area (Å²) in [5, 5.41) is 4.36. The van der Waals surface area contributed by atoms with Crippen LogP contribution in [0.5, 0.6) is 0 Å². The van der Waals surface area contributed by atoms with Crippen molar-refractivity contribution in [2.24, 2.45) is 0 Å². The van der Waals surface area contributed by atoms with Crippen LogP contribution in [0, 0.1) is 6.92 Å². The van der Waals surface area contributed by atoms with E-state index in [-0.39, 0.29) is 0 Å². The molecule has 2 atom stereocenters. The van der Waals surface area contributed by atoms with Crippen molar-refractivity contribution in [3.63, 3.8) is 0 Å². The average molecular weight is 281 g/mol. The first kappa shape index (κ1) is 13.5. The number of halogens is 1. The van der Waals surface area contributed by atoms with Crippen LogP contribution in [0.3, 0.4) is 0 Å². The summed E-state index contributed by atoms with van der Waals surface area (Å²) in [7, 11) is 0. The first-order valence-electron chi connectivity index (χ1n) is 5.99. The zero-order valence-electron chi connectivity index (χ0n) is 10.8. The molecule has 1 heterocycles. The zero-order chi connectivity index (χ0) is 13.1. The Morgan fingerprint density at radius 2 is 1.83 bits per heavy atom. The SMILES string of the molecule is Cc1ncsc1C(C)NC(C)c1ccc(Cl)cc1. The van der Waals surface area contributed by atoms with Gasteiger partial charge in [-0.25, -0.2) is 4.98 Å². The van der Waals surface area contributed by atoms with E-state index in [0.29, 0.717) is 12.1 Å². The van der Waals surface area contributed by atoms with E-state index in [0.717, 1.165) is 10.7 Å². The van der Waals surface area contributed by atoms with Gasteiger partial charge < -0.3 is 5.32 Å². The summed E-state index contributed by atoms with van der Waals surface area (Å²) < 4.78 is 0. The summed E-state index contributed by atoms with van der Waals surface area (Å²) in [4.78, 5) is 5.59. The Morgan fingerprint density at radius 3 is 2.39 bits per heavy atom. The molecule has 18 heavy (non-hydrogen) atoms. The molecule has 2 nitrogen and oxygen atoms in total. The van der Waals surface area contributed by atoms with Crippen LogP contribution in [0.25, 0.3) is 0 Å². The Balaban J connectivity index is 2.05. The smallest absolute Gasteiger partial charge is 0.0798 e. The van der Waals surface area contributed by atoms with Crippen LogP contribution in [0.15, 0.2) is 29.8 Å². The third-order valence-electron chi connectivity index (χ3n) is 3.05. The molecule has 0 fully saturated rings. The summed E-state index contributed by atoms with van der Waals surface area (Å²) in [6, 6.07) is 8.58. The fraction of sp³-hybridized carbons (Fsp3) is 0.357. The van der Waals surface area contributed by atoms with Gasteiger partial charge in [0.05, 0.1) is 11.2 Å². The maximum absolute atomic E-state index is 5.90. The highest BCUT2D eigenvalue weighted by Gasteiger charge is 2.14. The van der Waals surface area contributed by atoms with Gasteiger partial charge in [0.1, 0.15) is 0 Å². The van der Waals surface area contributed by atoms with Gasteiger partial charge in [-0.3, -0.25) is 0 Å². The quantitative estimate of drug-likeness (QED) is 0.891. The Hall–Kier alpha value is -0.900. The molecule has 0 radical (unpaired) electrons. The van der Waals surface area contributed by atoms with Gasteiger partial charge in [-0.2, -0.15) is 0 Å². The summed E-state index contributed by atoms with van der Waals surface area (Å²) in [6.45, 7) is 6.39.